The van der Waals surface area contributed by atoms with Gasteiger partial charge in [-0.2, -0.15) is 4.89 Å². The molecule has 0 saturated heterocycles. The van der Waals surface area contributed by atoms with E-state index in [0.717, 1.165) is 25.7 Å². The second-order valence-corrected chi connectivity index (χ2v) is 3.42. The van der Waals surface area contributed by atoms with E-state index in [9.17, 15) is 4.79 Å². The molecule has 1 unspecified atom stereocenters. The fourth-order valence-electron chi connectivity index (χ4n) is 1.50. The molecule has 14 heavy (non-hydrogen) atoms. The van der Waals surface area contributed by atoms with Gasteiger partial charge in [0.25, 0.3) is 0 Å². The highest BCUT2D eigenvalue weighted by Crippen LogP contribution is 2.20. The van der Waals surface area contributed by atoms with Gasteiger partial charge in [-0.05, 0) is 25.7 Å². The van der Waals surface area contributed by atoms with E-state index in [1.54, 1.807) is 0 Å². The van der Waals surface area contributed by atoms with E-state index in [1.807, 2.05) is 0 Å². The van der Waals surface area contributed by atoms with Gasteiger partial charge in [-0.3, -0.25) is 0 Å². The van der Waals surface area contributed by atoms with Crippen LogP contribution in [0.2, 0.25) is 0 Å². The summed E-state index contributed by atoms with van der Waals surface area (Å²) < 4.78 is 9.58. The molecule has 0 aliphatic heterocycles. The number of hydrogen-bond acceptors (Lipinski definition) is 5. The van der Waals surface area contributed by atoms with Crippen molar-refractivity contribution >= 4 is 6.16 Å². The van der Waals surface area contributed by atoms with Gasteiger partial charge in [-0.15, -0.1) is 0 Å². The van der Waals surface area contributed by atoms with Crippen LogP contribution in [-0.4, -0.2) is 23.8 Å². The summed E-state index contributed by atoms with van der Waals surface area (Å²) in [4.78, 5) is 14.8. The SMILES string of the molecule is CC(OO)OC(=O)OC1CCCCC1. The third kappa shape index (κ3) is 3.93. The average molecular weight is 204 g/mol. The molecule has 0 radical (unpaired) electrons. The third-order valence-corrected chi connectivity index (χ3v) is 2.23. The summed E-state index contributed by atoms with van der Waals surface area (Å²) in [6, 6.07) is 0. The van der Waals surface area contributed by atoms with Crippen LogP contribution in [0.15, 0.2) is 0 Å². The Morgan fingerprint density at radius 1 is 1.36 bits per heavy atom. The Balaban J connectivity index is 2.18. The molecule has 0 spiro atoms. The largest absolute Gasteiger partial charge is 0.510 e. The maximum absolute atomic E-state index is 11.0. The zero-order chi connectivity index (χ0) is 10.4. The molecule has 82 valence electrons. The fourth-order valence-corrected chi connectivity index (χ4v) is 1.50. The highest BCUT2D eigenvalue weighted by Gasteiger charge is 2.19. The molecule has 1 rings (SSSR count). The van der Waals surface area contributed by atoms with Crippen LogP contribution in [0.5, 0.6) is 0 Å². The number of carbonyl (C=O) groups excluding carboxylic acids is 1. The summed E-state index contributed by atoms with van der Waals surface area (Å²) in [7, 11) is 0. The minimum Gasteiger partial charge on any atom is -0.431 e. The second-order valence-electron chi connectivity index (χ2n) is 3.42. The van der Waals surface area contributed by atoms with Crippen molar-refractivity contribution in [2.45, 2.75) is 51.4 Å². The molecule has 1 fully saturated rings. The average Bonchev–Trinajstić information content (AvgIpc) is 2.19. The first-order valence-electron chi connectivity index (χ1n) is 4.90. The van der Waals surface area contributed by atoms with Crippen LogP contribution in [0.25, 0.3) is 0 Å². The predicted octanol–water partition coefficient (Wildman–Crippen LogP) is 2.31. The molecule has 1 N–H and O–H groups in total. The zero-order valence-corrected chi connectivity index (χ0v) is 8.27. The summed E-state index contributed by atoms with van der Waals surface area (Å²) in [6.07, 6.45) is 3.36. The molecule has 1 aliphatic carbocycles. The van der Waals surface area contributed by atoms with Gasteiger partial charge in [-0.25, -0.2) is 10.1 Å². The predicted molar refractivity (Wildman–Crippen MR) is 47.6 cm³/mol. The fraction of sp³-hybridized carbons (Fsp3) is 0.889. The number of carbonyl (C=O) groups is 1. The van der Waals surface area contributed by atoms with Crippen molar-refractivity contribution < 1.29 is 24.4 Å². The van der Waals surface area contributed by atoms with Crippen molar-refractivity contribution in [3.63, 3.8) is 0 Å². The standard InChI is InChI=1S/C9H16O5/c1-7(14-11)12-9(10)13-8-5-3-2-4-6-8/h7-8,11H,2-6H2,1H3. The molecule has 5 heteroatoms. The van der Waals surface area contributed by atoms with Crippen molar-refractivity contribution in [3.05, 3.63) is 0 Å². The van der Waals surface area contributed by atoms with Gasteiger partial charge in [0.05, 0.1) is 0 Å². The molecular weight excluding hydrogens is 188 g/mol. The van der Waals surface area contributed by atoms with E-state index in [4.69, 9.17) is 9.99 Å². The van der Waals surface area contributed by atoms with Crippen molar-refractivity contribution in [2.24, 2.45) is 0 Å². The van der Waals surface area contributed by atoms with Crippen LogP contribution in [0.3, 0.4) is 0 Å². The van der Waals surface area contributed by atoms with E-state index in [0.29, 0.717) is 0 Å². The summed E-state index contributed by atoms with van der Waals surface area (Å²) in [6.45, 7) is 1.40. The number of rotatable bonds is 3. The van der Waals surface area contributed by atoms with Gasteiger partial charge < -0.3 is 9.47 Å². The van der Waals surface area contributed by atoms with Crippen molar-refractivity contribution in [3.8, 4) is 0 Å². The topological polar surface area (TPSA) is 65.0 Å². The van der Waals surface area contributed by atoms with Crippen LogP contribution in [0.1, 0.15) is 39.0 Å². The Bertz CT molecular complexity index is 176. The molecule has 1 saturated carbocycles. The molecule has 1 aliphatic rings. The van der Waals surface area contributed by atoms with Gasteiger partial charge in [-0.1, -0.05) is 6.42 Å². The quantitative estimate of drug-likeness (QED) is 0.331. The summed E-state index contributed by atoms with van der Waals surface area (Å²) >= 11 is 0. The van der Waals surface area contributed by atoms with Crippen LogP contribution < -0.4 is 0 Å². The zero-order valence-electron chi connectivity index (χ0n) is 8.27. The van der Waals surface area contributed by atoms with Gasteiger partial charge in [0.1, 0.15) is 6.10 Å². The Morgan fingerprint density at radius 2 is 2.00 bits per heavy atom. The Hall–Kier alpha value is -0.810. The summed E-state index contributed by atoms with van der Waals surface area (Å²) in [5, 5.41) is 8.16. The lowest BCUT2D eigenvalue weighted by Gasteiger charge is -2.21. The molecule has 0 heterocycles. The molecule has 0 amide bonds. The maximum Gasteiger partial charge on any atom is 0.510 e. The van der Waals surface area contributed by atoms with Gasteiger partial charge in [0.15, 0.2) is 0 Å². The Kier molecular flexibility index (Phi) is 4.69. The highest BCUT2D eigenvalue weighted by molar-refractivity contribution is 5.60. The minimum atomic E-state index is -0.980. The molecular formula is C9H16O5. The first kappa shape index (κ1) is 11.3. The van der Waals surface area contributed by atoms with Crippen LogP contribution in [0, 0.1) is 0 Å². The van der Waals surface area contributed by atoms with E-state index in [-0.39, 0.29) is 6.10 Å². The molecule has 5 nitrogen and oxygen atoms in total. The summed E-state index contributed by atoms with van der Waals surface area (Å²) in [5.41, 5.74) is 0. The smallest absolute Gasteiger partial charge is 0.431 e. The van der Waals surface area contributed by atoms with Gasteiger partial charge >= 0.3 is 6.16 Å². The number of ether oxygens (including phenoxy) is 2. The maximum atomic E-state index is 11.0. The highest BCUT2D eigenvalue weighted by atomic mass is 17.1. The van der Waals surface area contributed by atoms with Crippen molar-refractivity contribution in [1.29, 1.82) is 0 Å². The third-order valence-electron chi connectivity index (χ3n) is 2.23. The van der Waals surface area contributed by atoms with Crippen molar-refractivity contribution in [1.82, 2.24) is 0 Å². The molecule has 1 atom stereocenters. The van der Waals surface area contributed by atoms with Gasteiger partial charge in [0, 0.05) is 6.92 Å². The molecule has 0 aromatic rings. The lowest BCUT2D eigenvalue weighted by molar-refractivity contribution is -0.329. The first-order valence-corrected chi connectivity index (χ1v) is 4.90. The van der Waals surface area contributed by atoms with E-state index < -0.39 is 12.4 Å². The van der Waals surface area contributed by atoms with Crippen LogP contribution >= 0.6 is 0 Å². The van der Waals surface area contributed by atoms with Crippen molar-refractivity contribution in [2.75, 3.05) is 0 Å². The second kappa shape index (κ2) is 5.82. The van der Waals surface area contributed by atoms with E-state index in [1.165, 1.54) is 13.3 Å². The molecule has 0 aromatic carbocycles. The van der Waals surface area contributed by atoms with Crippen LogP contribution in [0.4, 0.5) is 4.79 Å². The lowest BCUT2D eigenvalue weighted by Crippen LogP contribution is -2.24. The first-order chi connectivity index (χ1) is 6.72. The summed E-state index contributed by atoms with van der Waals surface area (Å²) in [5.74, 6) is 0. The normalized spacial score (nSPS) is 20.1. The number of hydrogen-bond donors (Lipinski definition) is 1. The molecule has 0 bridgehead atoms. The van der Waals surface area contributed by atoms with Crippen LogP contribution in [-0.2, 0) is 14.4 Å². The Labute approximate surface area is 82.9 Å². The van der Waals surface area contributed by atoms with Gasteiger partial charge in [0.2, 0.25) is 6.29 Å². The molecule has 0 aromatic heterocycles. The van der Waals surface area contributed by atoms with E-state index in [2.05, 4.69) is 9.62 Å². The Morgan fingerprint density at radius 3 is 2.57 bits per heavy atom. The minimum absolute atomic E-state index is 0.0397. The van der Waals surface area contributed by atoms with E-state index >= 15 is 0 Å². The monoisotopic (exact) mass is 204 g/mol. The lowest BCUT2D eigenvalue weighted by atomic mass is 9.98.